The van der Waals surface area contributed by atoms with Crippen LogP contribution >= 0.6 is 11.6 Å². The van der Waals surface area contributed by atoms with Crippen molar-refractivity contribution < 1.29 is 4.39 Å². The molecule has 0 unspecified atom stereocenters. The molecule has 3 heteroatoms. The Kier molecular flexibility index (Phi) is 3.06. The van der Waals surface area contributed by atoms with Gasteiger partial charge in [0.05, 0.1) is 0 Å². The van der Waals surface area contributed by atoms with Gasteiger partial charge < -0.3 is 5.73 Å². The van der Waals surface area contributed by atoms with Gasteiger partial charge in [-0.1, -0.05) is 17.7 Å². The highest BCUT2D eigenvalue weighted by Gasteiger charge is 2.07. The summed E-state index contributed by atoms with van der Waals surface area (Å²) in [5.74, 6) is -0.278. The van der Waals surface area contributed by atoms with E-state index in [-0.39, 0.29) is 11.9 Å². The van der Waals surface area contributed by atoms with Crippen LogP contribution in [0.1, 0.15) is 12.5 Å². The molecule has 0 aliphatic carbocycles. The van der Waals surface area contributed by atoms with Gasteiger partial charge in [-0.3, -0.25) is 0 Å². The zero-order valence-corrected chi connectivity index (χ0v) is 7.61. The summed E-state index contributed by atoms with van der Waals surface area (Å²) >= 11 is 5.78. The van der Waals surface area contributed by atoms with E-state index in [2.05, 4.69) is 0 Å². The average molecular weight is 188 g/mol. The average Bonchev–Trinajstić information content (AvgIpc) is 1.97. The zero-order valence-electron chi connectivity index (χ0n) is 6.85. The van der Waals surface area contributed by atoms with E-state index in [9.17, 15) is 4.39 Å². The summed E-state index contributed by atoms with van der Waals surface area (Å²) in [6, 6.07) is 4.58. The summed E-state index contributed by atoms with van der Waals surface area (Å²) in [6.45, 7) is 1.82. The van der Waals surface area contributed by atoms with Crippen LogP contribution in [0, 0.1) is 5.82 Å². The van der Waals surface area contributed by atoms with Gasteiger partial charge in [-0.2, -0.15) is 0 Å². The monoisotopic (exact) mass is 187 g/mol. The van der Waals surface area contributed by atoms with Crippen LogP contribution in [0.2, 0.25) is 5.02 Å². The van der Waals surface area contributed by atoms with Gasteiger partial charge >= 0.3 is 0 Å². The normalized spacial score (nSPS) is 13.0. The second-order valence-corrected chi connectivity index (χ2v) is 3.29. The van der Waals surface area contributed by atoms with Crippen molar-refractivity contribution in [3.05, 3.63) is 34.6 Å². The number of rotatable bonds is 2. The molecule has 0 saturated carbocycles. The molecule has 0 aromatic heterocycles. The van der Waals surface area contributed by atoms with Gasteiger partial charge in [0.1, 0.15) is 5.82 Å². The maximum absolute atomic E-state index is 13.1. The molecule has 0 aliphatic rings. The highest BCUT2D eigenvalue weighted by Crippen LogP contribution is 2.19. The molecule has 0 fully saturated rings. The molecule has 1 nitrogen and oxygen atoms in total. The van der Waals surface area contributed by atoms with Gasteiger partial charge in [0, 0.05) is 16.6 Å². The quantitative estimate of drug-likeness (QED) is 0.756. The fourth-order valence-corrected chi connectivity index (χ4v) is 1.29. The lowest BCUT2D eigenvalue weighted by molar-refractivity contribution is 0.596. The molecule has 1 aromatic carbocycles. The lowest BCUT2D eigenvalue weighted by atomic mass is 10.1. The van der Waals surface area contributed by atoms with Crippen LogP contribution < -0.4 is 5.73 Å². The Hall–Kier alpha value is -0.600. The van der Waals surface area contributed by atoms with Gasteiger partial charge in [-0.15, -0.1) is 0 Å². The standard InChI is InChI=1S/C9H11ClFN/c1-6(12)5-7-8(10)3-2-4-9(7)11/h2-4,6H,5,12H2,1H3/t6-/m0/s1. The number of hydrogen-bond donors (Lipinski definition) is 1. The molecule has 12 heavy (non-hydrogen) atoms. The van der Waals surface area contributed by atoms with Gasteiger partial charge in [-0.25, -0.2) is 4.39 Å². The molecule has 0 heterocycles. The summed E-state index contributed by atoms with van der Waals surface area (Å²) in [4.78, 5) is 0. The minimum Gasteiger partial charge on any atom is -0.328 e. The van der Waals surface area contributed by atoms with E-state index in [0.717, 1.165) is 0 Å². The summed E-state index contributed by atoms with van der Waals surface area (Å²) < 4.78 is 13.1. The van der Waals surface area contributed by atoms with Crippen LogP contribution in [0.4, 0.5) is 4.39 Å². The number of halogens is 2. The first kappa shape index (κ1) is 9.49. The van der Waals surface area contributed by atoms with Gasteiger partial charge in [-0.05, 0) is 25.5 Å². The maximum Gasteiger partial charge on any atom is 0.127 e. The van der Waals surface area contributed by atoms with Crippen LogP contribution in [0.25, 0.3) is 0 Å². The van der Waals surface area contributed by atoms with E-state index in [1.165, 1.54) is 6.07 Å². The molecular weight excluding hydrogens is 177 g/mol. The first-order valence-corrected chi connectivity index (χ1v) is 4.17. The van der Waals surface area contributed by atoms with Crippen molar-refractivity contribution >= 4 is 11.6 Å². The van der Waals surface area contributed by atoms with Crippen molar-refractivity contribution in [1.29, 1.82) is 0 Å². The molecule has 0 spiro atoms. The van der Waals surface area contributed by atoms with Crippen LogP contribution in [-0.2, 0) is 6.42 Å². The lowest BCUT2D eigenvalue weighted by Gasteiger charge is -2.07. The Morgan fingerprint density at radius 3 is 2.75 bits per heavy atom. The molecule has 1 rings (SSSR count). The van der Waals surface area contributed by atoms with Crippen LogP contribution in [0.5, 0.6) is 0 Å². The molecule has 66 valence electrons. The number of benzene rings is 1. The fourth-order valence-electron chi connectivity index (χ4n) is 1.05. The van der Waals surface area contributed by atoms with Crippen molar-refractivity contribution in [3.8, 4) is 0 Å². The molecule has 1 aromatic rings. The Morgan fingerprint density at radius 1 is 1.58 bits per heavy atom. The van der Waals surface area contributed by atoms with Crippen molar-refractivity contribution in [2.24, 2.45) is 5.73 Å². The van der Waals surface area contributed by atoms with E-state index in [0.29, 0.717) is 17.0 Å². The summed E-state index contributed by atoms with van der Waals surface area (Å²) in [5, 5.41) is 0.451. The molecule has 1 atom stereocenters. The van der Waals surface area contributed by atoms with E-state index in [1.54, 1.807) is 12.1 Å². The fraction of sp³-hybridized carbons (Fsp3) is 0.333. The first-order chi connectivity index (χ1) is 5.61. The van der Waals surface area contributed by atoms with Crippen LogP contribution in [0.15, 0.2) is 18.2 Å². The Morgan fingerprint density at radius 2 is 2.25 bits per heavy atom. The Balaban J connectivity index is 2.96. The van der Waals surface area contributed by atoms with Gasteiger partial charge in [0.15, 0.2) is 0 Å². The number of nitrogens with two attached hydrogens (primary N) is 1. The minimum absolute atomic E-state index is 0.0700. The molecule has 0 bridgehead atoms. The van der Waals surface area contributed by atoms with Gasteiger partial charge in [0.25, 0.3) is 0 Å². The molecule has 0 amide bonds. The topological polar surface area (TPSA) is 26.0 Å². The van der Waals surface area contributed by atoms with E-state index in [4.69, 9.17) is 17.3 Å². The Labute approximate surface area is 76.3 Å². The van der Waals surface area contributed by atoms with Crippen molar-refractivity contribution in [2.45, 2.75) is 19.4 Å². The third-order valence-electron chi connectivity index (χ3n) is 1.59. The lowest BCUT2D eigenvalue weighted by Crippen LogP contribution is -2.18. The van der Waals surface area contributed by atoms with Crippen molar-refractivity contribution in [2.75, 3.05) is 0 Å². The first-order valence-electron chi connectivity index (χ1n) is 3.79. The minimum atomic E-state index is -0.278. The maximum atomic E-state index is 13.1. The third-order valence-corrected chi connectivity index (χ3v) is 1.94. The predicted octanol–water partition coefficient (Wildman–Crippen LogP) is 2.37. The zero-order chi connectivity index (χ0) is 9.14. The molecular formula is C9H11ClFN. The molecule has 0 aliphatic heterocycles. The van der Waals surface area contributed by atoms with Crippen molar-refractivity contribution in [1.82, 2.24) is 0 Å². The molecule has 0 radical (unpaired) electrons. The van der Waals surface area contributed by atoms with Crippen molar-refractivity contribution in [3.63, 3.8) is 0 Å². The summed E-state index contributed by atoms with van der Waals surface area (Å²) in [5.41, 5.74) is 6.05. The highest BCUT2D eigenvalue weighted by molar-refractivity contribution is 6.31. The summed E-state index contributed by atoms with van der Waals surface area (Å²) in [7, 11) is 0. The van der Waals surface area contributed by atoms with Gasteiger partial charge in [0.2, 0.25) is 0 Å². The highest BCUT2D eigenvalue weighted by atomic mass is 35.5. The van der Waals surface area contributed by atoms with Crippen LogP contribution in [0.3, 0.4) is 0 Å². The predicted molar refractivity (Wildman–Crippen MR) is 48.8 cm³/mol. The van der Waals surface area contributed by atoms with Crippen LogP contribution in [-0.4, -0.2) is 6.04 Å². The van der Waals surface area contributed by atoms with E-state index >= 15 is 0 Å². The second kappa shape index (κ2) is 3.87. The smallest absolute Gasteiger partial charge is 0.127 e. The largest absolute Gasteiger partial charge is 0.328 e. The Bertz CT molecular complexity index is 253. The molecule has 0 saturated heterocycles. The SMILES string of the molecule is C[C@H](N)Cc1c(F)cccc1Cl. The number of hydrogen-bond acceptors (Lipinski definition) is 1. The second-order valence-electron chi connectivity index (χ2n) is 2.88. The molecule has 2 N–H and O–H groups in total. The van der Waals surface area contributed by atoms with E-state index in [1.807, 2.05) is 6.92 Å². The van der Waals surface area contributed by atoms with E-state index < -0.39 is 0 Å². The third kappa shape index (κ3) is 2.19. The summed E-state index contributed by atoms with van der Waals surface area (Å²) in [6.07, 6.45) is 0.478.